The second-order valence-corrected chi connectivity index (χ2v) is 9.38. The van der Waals surface area contributed by atoms with Crippen LogP contribution in [0.4, 0.5) is 16.2 Å². The molecule has 1 saturated heterocycles. The fourth-order valence-corrected chi connectivity index (χ4v) is 4.84. The first-order chi connectivity index (χ1) is 17.5. The topological polar surface area (TPSA) is 86.4 Å². The van der Waals surface area contributed by atoms with Gasteiger partial charge in [-0.15, -0.1) is 0 Å². The molecular formula is C29H31N5O2. The average Bonchev–Trinajstić information content (AvgIpc) is 2.89. The molecule has 1 aliphatic heterocycles. The summed E-state index contributed by atoms with van der Waals surface area (Å²) < 4.78 is 0. The molecule has 0 unspecified atom stereocenters. The molecule has 3 amide bonds. The lowest BCUT2D eigenvalue weighted by Crippen LogP contribution is -2.42. The van der Waals surface area contributed by atoms with E-state index in [0.717, 1.165) is 71.2 Å². The predicted molar refractivity (Wildman–Crippen MR) is 145 cm³/mol. The number of hydrogen-bond acceptors (Lipinski definition) is 4. The highest BCUT2D eigenvalue weighted by Gasteiger charge is 2.25. The number of fused-ring (bicyclic) bond motifs is 2. The fraction of sp³-hybridized carbons (Fsp3) is 0.276. The Morgan fingerprint density at radius 3 is 2.50 bits per heavy atom. The number of piperidine rings is 1. The summed E-state index contributed by atoms with van der Waals surface area (Å²) in [6.45, 7) is 4.89. The Kier molecular flexibility index (Phi) is 7.09. The largest absolute Gasteiger partial charge is 0.337 e. The third-order valence-electron chi connectivity index (χ3n) is 6.78. The molecule has 36 heavy (non-hydrogen) atoms. The van der Waals surface area contributed by atoms with E-state index < -0.39 is 0 Å². The minimum absolute atomic E-state index is 0.00666. The van der Waals surface area contributed by atoms with E-state index in [0.29, 0.717) is 6.54 Å². The van der Waals surface area contributed by atoms with Gasteiger partial charge in [0.05, 0.1) is 11.2 Å². The lowest BCUT2D eigenvalue weighted by molar-refractivity contribution is -0.121. The van der Waals surface area contributed by atoms with Crippen molar-refractivity contribution in [2.75, 3.05) is 36.8 Å². The fourth-order valence-electron chi connectivity index (χ4n) is 4.84. The van der Waals surface area contributed by atoms with E-state index in [-0.39, 0.29) is 17.9 Å². The first kappa shape index (κ1) is 23.8. The summed E-state index contributed by atoms with van der Waals surface area (Å²) >= 11 is 0. The number of urea groups is 1. The van der Waals surface area contributed by atoms with Crippen molar-refractivity contribution in [1.82, 2.24) is 15.2 Å². The lowest BCUT2D eigenvalue weighted by Gasteiger charge is -2.31. The zero-order valence-corrected chi connectivity index (χ0v) is 20.5. The maximum Gasteiger partial charge on any atom is 0.319 e. The highest BCUT2D eigenvalue weighted by atomic mass is 16.2. The molecule has 1 aliphatic rings. The number of amides is 3. The van der Waals surface area contributed by atoms with E-state index in [1.54, 1.807) is 0 Å². The standard InChI is InChI=1S/C29H31N5O2/c1-20-18-27(25-8-4-5-9-26(25)31-20)33-29(36)30-14-17-34-15-12-22(13-16-34)28(35)32-24-11-10-21-6-2-3-7-23(21)19-24/h2-11,18-19,22H,12-17H2,1H3,(H,32,35)(H2,30,31,33,36). The summed E-state index contributed by atoms with van der Waals surface area (Å²) in [4.78, 5) is 32.1. The van der Waals surface area contributed by atoms with Gasteiger partial charge in [0, 0.05) is 35.8 Å². The number of benzene rings is 3. The van der Waals surface area contributed by atoms with Crippen molar-refractivity contribution < 1.29 is 9.59 Å². The van der Waals surface area contributed by atoms with Gasteiger partial charge in [0.1, 0.15) is 0 Å². The van der Waals surface area contributed by atoms with Crippen molar-refractivity contribution in [3.05, 3.63) is 78.5 Å². The van der Waals surface area contributed by atoms with Gasteiger partial charge in [-0.25, -0.2) is 4.79 Å². The maximum absolute atomic E-state index is 12.8. The number of pyridine rings is 1. The number of aromatic nitrogens is 1. The normalized spacial score (nSPS) is 14.6. The molecule has 0 aliphatic carbocycles. The second kappa shape index (κ2) is 10.7. The summed E-state index contributed by atoms with van der Waals surface area (Å²) in [5.41, 5.74) is 3.32. The van der Waals surface area contributed by atoms with Crippen LogP contribution in [0.1, 0.15) is 18.5 Å². The number of para-hydroxylation sites is 1. The van der Waals surface area contributed by atoms with Crippen LogP contribution < -0.4 is 16.0 Å². The lowest BCUT2D eigenvalue weighted by atomic mass is 9.95. The zero-order chi connectivity index (χ0) is 24.9. The molecule has 0 radical (unpaired) electrons. The van der Waals surface area contributed by atoms with Crippen LogP contribution >= 0.6 is 0 Å². The number of anilines is 2. The van der Waals surface area contributed by atoms with Crippen LogP contribution in [0.5, 0.6) is 0 Å². The van der Waals surface area contributed by atoms with E-state index in [4.69, 9.17) is 0 Å². The zero-order valence-electron chi connectivity index (χ0n) is 20.5. The van der Waals surface area contributed by atoms with Gasteiger partial charge in [0.2, 0.25) is 5.91 Å². The van der Waals surface area contributed by atoms with Gasteiger partial charge in [-0.05, 0) is 67.9 Å². The first-order valence-electron chi connectivity index (χ1n) is 12.5. The SMILES string of the molecule is Cc1cc(NC(=O)NCCN2CCC(C(=O)Nc3ccc4ccccc4c3)CC2)c2ccccc2n1. The number of hydrogen-bond donors (Lipinski definition) is 3. The Bertz CT molecular complexity index is 1400. The first-order valence-corrected chi connectivity index (χ1v) is 12.5. The number of likely N-dealkylation sites (tertiary alicyclic amines) is 1. The van der Waals surface area contributed by atoms with Crippen LogP contribution in [0, 0.1) is 12.8 Å². The molecule has 3 N–H and O–H groups in total. The van der Waals surface area contributed by atoms with Crippen LogP contribution in [-0.2, 0) is 4.79 Å². The van der Waals surface area contributed by atoms with Gasteiger partial charge in [-0.2, -0.15) is 0 Å². The third-order valence-corrected chi connectivity index (χ3v) is 6.78. The monoisotopic (exact) mass is 481 g/mol. The Labute approximate surface area is 210 Å². The molecule has 5 rings (SSSR count). The van der Waals surface area contributed by atoms with Crippen molar-refractivity contribution in [3.63, 3.8) is 0 Å². The summed E-state index contributed by atoms with van der Waals surface area (Å²) in [5.74, 6) is 0.0921. The van der Waals surface area contributed by atoms with Crippen molar-refractivity contribution in [2.24, 2.45) is 5.92 Å². The Balaban J connectivity index is 1.06. The number of carbonyl (C=O) groups excluding carboxylic acids is 2. The van der Waals surface area contributed by atoms with Crippen molar-refractivity contribution >= 4 is 45.0 Å². The summed E-state index contributed by atoms with van der Waals surface area (Å²) in [5, 5.41) is 12.2. The number of nitrogens with zero attached hydrogens (tertiary/aromatic N) is 2. The molecule has 7 heteroatoms. The maximum atomic E-state index is 12.8. The van der Waals surface area contributed by atoms with Crippen molar-refractivity contribution in [2.45, 2.75) is 19.8 Å². The average molecular weight is 482 g/mol. The Morgan fingerprint density at radius 1 is 0.917 bits per heavy atom. The smallest absolute Gasteiger partial charge is 0.319 e. The number of rotatable bonds is 6. The van der Waals surface area contributed by atoms with Gasteiger partial charge in [0.25, 0.3) is 0 Å². The molecule has 184 valence electrons. The van der Waals surface area contributed by atoms with Crippen molar-refractivity contribution in [3.8, 4) is 0 Å². The molecule has 4 aromatic rings. The van der Waals surface area contributed by atoms with E-state index in [1.807, 2.05) is 67.6 Å². The van der Waals surface area contributed by atoms with E-state index in [1.165, 1.54) is 0 Å². The molecule has 1 aromatic heterocycles. The van der Waals surface area contributed by atoms with Crippen LogP contribution in [0.25, 0.3) is 21.7 Å². The predicted octanol–water partition coefficient (Wildman–Crippen LogP) is 5.17. The van der Waals surface area contributed by atoms with Gasteiger partial charge in [0.15, 0.2) is 0 Å². The minimum atomic E-state index is -0.226. The van der Waals surface area contributed by atoms with Crippen LogP contribution in [0.2, 0.25) is 0 Å². The Morgan fingerprint density at radius 2 is 1.67 bits per heavy atom. The van der Waals surface area contributed by atoms with E-state index >= 15 is 0 Å². The molecule has 2 heterocycles. The van der Waals surface area contributed by atoms with Gasteiger partial charge >= 0.3 is 6.03 Å². The van der Waals surface area contributed by atoms with Crippen molar-refractivity contribution in [1.29, 1.82) is 0 Å². The summed E-state index contributed by atoms with van der Waals surface area (Å²) in [6, 6.07) is 23.6. The number of carbonyl (C=O) groups is 2. The van der Waals surface area contributed by atoms with E-state index in [2.05, 4.69) is 38.0 Å². The molecule has 0 atom stereocenters. The highest BCUT2D eigenvalue weighted by Crippen LogP contribution is 2.24. The van der Waals surface area contributed by atoms with Gasteiger partial charge in [-0.3, -0.25) is 9.78 Å². The molecule has 0 bridgehead atoms. The van der Waals surface area contributed by atoms with E-state index in [9.17, 15) is 9.59 Å². The van der Waals surface area contributed by atoms with Gasteiger partial charge < -0.3 is 20.9 Å². The van der Waals surface area contributed by atoms with Gasteiger partial charge in [-0.1, -0.05) is 48.5 Å². The second-order valence-electron chi connectivity index (χ2n) is 9.38. The number of nitrogens with one attached hydrogen (secondary N) is 3. The molecule has 3 aromatic carbocycles. The van der Waals surface area contributed by atoms with Crippen LogP contribution in [-0.4, -0.2) is 48.0 Å². The Hall–Kier alpha value is -3.97. The molecular weight excluding hydrogens is 450 g/mol. The molecule has 7 nitrogen and oxygen atoms in total. The number of aryl methyl sites for hydroxylation is 1. The van der Waals surface area contributed by atoms with Crippen LogP contribution in [0.3, 0.4) is 0 Å². The summed E-state index contributed by atoms with van der Waals surface area (Å²) in [7, 11) is 0. The third kappa shape index (κ3) is 5.63. The van der Waals surface area contributed by atoms with Crippen LogP contribution in [0.15, 0.2) is 72.8 Å². The quantitative estimate of drug-likeness (QED) is 0.355. The molecule has 1 fully saturated rings. The highest BCUT2D eigenvalue weighted by molar-refractivity contribution is 6.00. The molecule has 0 spiro atoms. The minimum Gasteiger partial charge on any atom is -0.337 e. The molecule has 0 saturated carbocycles. The summed E-state index contributed by atoms with van der Waals surface area (Å²) in [6.07, 6.45) is 1.63.